The Morgan fingerprint density at radius 3 is 2.75 bits per heavy atom. The second-order valence-electron chi connectivity index (χ2n) is 5.64. The molecule has 0 aliphatic carbocycles. The van der Waals surface area contributed by atoms with Crippen LogP contribution in [0.25, 0.3) is 0 Å². The van der Waals surface area contributed by atoms with Crippen LogP contribution in [0, 0.1) is 0 Å². The van der Waals surface area contributed by atoms with Crippen LogP contribution in [-0.2, 0) is 28.4 Å². The van der Waals surface area contributed by atoms with Crippen LogP contribution in [-0.4, -0.2) is 46.0 Å². The van der Waals surface area contributed by atoms with Crippen molar-refractivity contribution in [3.8, 4) is 0 Å². The number of rotatable bonds is 5. The van der Waals surface area contributed by atoms with E-state index in [4.69, 9.17) is 0 Å². The average molecular weight is 349 g/mol. The van der Waals surface area contributed by atoms with E-state index >= 15 is 0 Å². The fourth-order valence-electron chi connectivity index (χ4n) is 2.77. The second-order valence-corrected chi connectivity index (χ2v) is 7.53. The Kier molecular flexibility index (Phi) is 4.63. The molecule has 1 atom stereocenters. The SMILES string of the molecule is Cn1cnc(CNC(=O)C2CCCN2S(=O)(=O)c2ccccc2)n1. The molecule has 128 valence electrons. The van der Waals surface area contributed by atoms with Crippen molar-refractivity contribution in [2.24, 2.45) is 7.05 Å². The molecule has 1 aromatic carbocycles. The molecule has 2 aromatic rings. The molecule has 1 saturated heterocycles. The number of hydrogen-bond acceptors (Lipinski definition) is 5. The third-order valence-electron chi connectivity index (χ3n) is 3.92. The second kappa shape index (κ2) is 6.70. The third-order valence-corrected chi connectivity index (χ3v) is 5.85. The molecule has 1 unspecified atom stereocenters. The molecule has 1 aromatic heterocycles. The summed E-state index contributed by atoms with van der Waals surface area (Å²) in [7, 11) is -1.94. The summed E-state index contributed by atoms with van der Waals surface area (Å²) in [5, 5.41) is 6.81. The lowest BCUT2D eigenvalue weighted by Gasteiger charge is -2.23. The fourth-order valence-corrected chi connectivity index (χ4v) is 4.44. The van der Waals surface area contributed by atoms with E-state index in [0.29, 0.717) is 25.2 Å². The summed E-state index contributed by atoms with van der Waals surface area (Å²) in [6, 6.07) is 7.49. The van der Waals surface area contributed by atoms with E-state index in [1.807, 2.05) is 0 Å². The highest BCUT2D eigenvalue weighted by Gasteiger charge is 2.39. The van der Waals surface area contributed by atoms with Crippen LogP contribution >= 0.6 is 0 Å². The summed E-state index contributed by atoms with van der Waals surface area (Å²) in [6.07, 6.45) is 2.71. The Morgan fingerprint density at radius 2 is 2.08 bits per heavy atom. The topological polar surface area (TPSA) is 97.2 Å². The minimum Gasteiger partial charge on any atom is -0.347 e. The fraction of sp³-hybridized carbons (Fsp3) is 0.400. The summed E-state index contributed by atoms with van der Waals surface area (Å²) in [6.45, 7) is 0.520. The smallest absolute Gasteiger partial charge is 0.243 e. The predicted molar refractivity (Wildman–Crippen MR) is 86.2 cm³/mol. The van der Waals surface area contributed by atoms with Crippen molar-refractivity contribution in [1.29, 1.82) is 0 Å². The number of aryl methyl sites for hydroxylation is 1. The van der Waals surface area contributed by atoms with Crippen molar-refractivity contribution < 1.29 is 13.2 Å². The lowest BCUT2D eigenvalue weighted by molar-refractivity contribution is -0.124. The highest BCUT2D eigenvalue weighted by atomic mass is 32.2. The molecule has 0 saturated carbocycles. The molecule has 1 amide bonds. The molecular formula is C15H19N5O3S. The Morgan fingerprint density at radius 1 is 1.33 bits per heavy atom. The van der Waals surface area contributed by atoms with Crippen molar-refractivity contribution in [1.82, 2.24) is 24.4 Å². The van der Waals surface area contributed by atoms with E-state index in [9.17, 15) is 13.2 Å². The first-order valence-electron chi connectivity index (χ1n) is 7.67. The van der Waals surface area contributed by atoms with E-state index in [-0.39, 0.29) is 17.3 Å². The first-order valence-corrected chi connectivity index (χ1v) is 9.11. The van der Waals surface area contributed by atoms with E-state index < -0.39 is 16.1 Å². The lowest BCUT2D eigenvalue weighted by Crippen LogP contribution is -2.45. The highest BCUT2D eigenvalue weighted by molar-refractivity contribution is 7.89. The number of carbonyl (C=O) groups excluding carboxylic acids is 1. The largest absolute Gasteiger partial charge is 0.347 e. The maximum atomic E-state index is 12.7. The Bertz CT molecular complexity index is 819. The molecule has 0 bridgehead atoms. The van der Waals surface area contributed by atoms with Gasteiger partial charge in [-0.25, -0.2) is 13.4 Å². The number of sulfonamides is 1. The van der Waals surface area contributed by atoms with Gasteiger partial charge < -0.3 is 5.32 Å². The molecule has 1 fully saturated rings. The molecule has 3 rings (SSSR count). The minimum atomic E-state index is -3.67. The van der Waals surface area contributed by atoms with Crippen molar-refractivity contribution in [2.75, 3.05) is 6.54 Å². The Hall–Kier alpha value is -2.26. The summed E-state index contributed by atoms with van der Waals surface area (Å²) < 4.78 is 28.3. The standard InChI is InChI=1S/C15H19N5O3S/c1-19-11-17-14(18-19)10-16-15(21)13-8-5-9-20(13)24(22,23)12-6-3-2-4-7-12/h2-4,6-7,11,13H,5,8-10H2,1H3,(H,16,21). The zero-order valence-corrected chi connectivity index (χ0v) is 14.1. The van der Waals surface area contributed by atoms with Gasteiger partial charge in [0.15, 0.2) is 5.82 Å². The first kappa shape index (κ1) is 16.6. The molecule has 24 heavy (non-hydrogen) atoms. The number of carbonyl (C=O) groups is 1. The summed E-state index contributed by atoms with van der Waals surface area (Å²) >= 11 is 0. The first-order chi connectivity index (χ1) is 11.5. The third kappa shape index (κ3) is 3.31. The van der Waals surface area contributed by atoms with Gasteiger partial charge in [-0.3, -0.25) is 9.48 Å². The number of nitrogens with zero attached hydrogens (tertiary/aromatic N) is 4. The minimum absolute atomic E-state index is 0.176. The molecular weight excluding hydrogens is 330 g/mol. The maximum Gasteiger partial charge on any atom is 0.243 e. The van der Waals surface area contributed by atoms with Crippen LogP contribution in [0.4, 0.5) is 0 Å². The van der Waals surface area contributed by atoms with Gasteiger partial charge in [0.2, 0.25) is 15.9 Å². The number of hydrogen-bond donors (Lipinski definition) is 1. The molecule has 1 aliphatic rings. The van der Waals surface area contributed by atoms with Crippen molar-refractivity contribution in [3.05, 3.63) is 42.5 Å². The van der Waals surface area contributed by atoms with Gasteiger partial charge in [-0.15, -0.1) is 0 Å². The van der Waals surface area contributed by atoms with E-state index in [1.54, 1.807) is 48.4 Å². The van der Waals surface area contributed by atoms with Crippen molar-refractivity contribution in [3.63, 3.8) is 0 Å². The predicted octanol–water partition coefficient (Wildman–Crippen LogP) is 0.285. The van der Waals surface area contributed by atoms with Gasteiger partial charge in [-0.05, 0) is 25.0 Å². The van der Waals surface area contributed by atoms with Gasteiger partial charge in [0.05, 0.1) is 11.4 Å². The van der Waals surface area contributed by atoms with Crippen LogP contribution in [0.5, 0.6) is 0 Å². The van der Waals surface area contributed by atoms with Crippen LogP contribution in [0.1, 0.15) is 18.7 Å². The van der Waals surface area contributed by atoms with Crippen molar-refractivity contribution >= 4 is 15.9 Å². The molecule has 0 spiro atoms. The number of benzene rings is 1. The summed E-state index contributed by atoms with van der Waals surface area (Å²) in [4.78, 5) is 16.7. The van der Waals surface area contributed by atoms with Crippen molar-refractivity contribution in [2.45, 2.75) is 30.3 Å². The van der Waals surface area contributed by atoms with E-state index in [0.717, 1.165) is 0 Å². The highest BCUT2D eigenvalue weighted by Crippen LogP contribution is 2.26. The zero-order valence-electron chi connectivity index (χ0n) is 13.3. The van der Waals surface area contributed by atoms with Crippen LogP contribution in [0.3, 0.4) is 0 Å². The molecule has 1 N–H and O–H groups in total. The number of amides is 1. The monoisotopic (exact) mass is 349 g/mol. The van der Waals surface area contributed by atoms with Crippen LogP contribution < -0.4 is 5.32 Å². The van der Waals surface area contributed by atoms with Gasteiger partial charge in [0, 0.05) is 13.6 Å². The molecule has 8 nitrogen and oxygen atoms in total. The van der Waals surface area contributed by atoms with E-state index in [2.05, 4.69) is 15.4 Å². The van der Waals surface area contributed by atoms with Gasteiger partial charge in [0.25, 0.3) is 0 Å². The Labute approximate surface area is 140 Å². The zero-order chi connectivity index (χ0) is 17.2. The summed E-state index contributed by atoms with van der Waals surface area (Å²) in [5.74, 6) is 0.167. The van der Waals surface area contributed by atoms with Gasteiger partial charge >= 0.3 is 0 Å². The maximum absolute atomic E-state index is 12.7. The van der Waals surface area contributed by atoms with Gasteiger partial charge in [-0.1, -0.05) is 18.2 Å². The van der Waals surface area contributed by atoms with E-state index in [1.165, 1.54) is 4.31 Å². The molecule has 9 heteroatoms. The normalized spacial score (nSPS) is 18.6. The number of nitrogens with one attached hydrogen (secondary N) is 1. The van der Waals surface area contributed by atoms with Crippen LogP contribution in [0.2, 0.25) is 0 Å². The van der Waals surface area contributed by atoms with Gasteiger partial charge in [-0.2, -0.15) is 9.40 Å². The number of aromatic nitrogens is 3. The van der Waals surface area contributed by atoms with Crippen LogP contribution in [0.15, 0.2) is 41.6 Å². The Balaban J connectivity index is 1.72. The lowest BCUT2D eigenvalue weighted by atomic mass is 10.2. The summed E-state index contributed by atoms with van der Waals surface area (Å²) in [5.41, 5.74) is 0. The molecule has 0 radical (unpaired) electrons. The average Bonchev–Trinajstić information content (AvgIpc) is 3.23. The van der Waals surface area contributed by atoms with Gasteiger partial charge in [0.1, 0.15) is 12.4 Å². The quantitative estimate of drug-likeness (QED) is 0.836. The molecule has 2 heterocycles. The molecule has 1 aliphatic heterocycles.